The van der Waals surface area contributed by atoms with Crippen LogP contribution >= 0.6 is 0 Å². The van der Waals surface area contributed by atoms with Crippen LogP contribution in [-0.2, 0) is 0 Å². The molecule has 112 valence electrons. The first kappa shape index (κ1) is 14.1. The second-order valence-electron chi connectivity index (χ2n) is 5.99. The third kappa shape index (κ3) is 3.10. The van der Waals surface area contributed by atoms with E-state index < -0.39 is 0 Å². The first-order valence-electron chi connectivity index (χ1n) is 7.63. The lowest BCUT2D eigenvalue weighted by Crippen LogP contribution is -2.26. The molecule has 0 spiro atoms. The molecule has 4 nitrogen and oxygen atoms in total. The summed E-state index contributed by atoms with van der Waals surface area (Å²) < 4.78 is 5.66. The number of hydrogen-bond acceptors (Lipinski definition) is 3. The molecule has 1 unspecified atom stereocenters. The van der Waals surface area contributed by atoms with Crippen molar-refractivity contribution in [1.82, 2.24) is 10.6 Å². The van der Waals surface area contributed by atoms with Gasteiger partial charge in [0, 0.05) is 11.9 Å². The van der Waals surface area contributed by atoms with Crippen LogP contribution in [0.25, 0.3) is 11.0 Å². The Morgan fingerprint density at radius 2 is 2.14 bits per heavy atom. The summed E-state index contributed by atoms with van der Waals surface area (Å²) in [4.78, 5) is 12.1. The van der Waals surface area contributed by atoms with Gasteiger partial charge in [0.15, 0.2) is 5.76 Å². The Kier molecular flexibility index (Phi) is 3.97. The zero-order valence-electron chi connectivity index (χ0n) is 12.7. The maximum absolute atomic E-state index is 12.1. The van der Waals surface area contributed by atoms with Crippen molar-refractivity contribution in [3.05, 3.63) is 35.1 Å². The molecule has 1 aromatic carbocycles. The fraction of sp³-hybridized carbons (Fsp3) is 0.471. The van der Waals surface area contributed by atoms with Crippen LogP contribution in [0, 0.1) is 19.8 Å². The topological polar surface area (TPSA) is 54.3 Å². The van der Waals surface area contributed by atoms with Crippen molar-refractivity contribution in [3.63, 3.8) is 0 Å². The van der Waals surface area contributed by atoms with Crippen LogP contribution in [0.4, 0.5) is 0 Å². The van der Waals surface area contributed by atoms with Gasteiger partial charge in [-0.2, -0.15) is 0 Å². The summed E-state index contributed by atoms with van der Waals surface area (Å²) in [5, 5.41) is 7.28. The van der Waals surface area contributed by atoms with E-state index in [1.165, 1.54) is 17.5 Å². The van der Waals surface area contributed by atoms with Gasteiger partial charge in [0.2, 0.25) is 0 Å². The number of nitrogens with one attached hydrogen (secondary N) is 2. The Labute approximate surface area is 124 Å². The highest BCUT2D eigenvalue weighted by Crippen LogP contribution is 2.23. The van der Waals surface area contributed by atoms with Gasteiger partial charge in [-0.05, 0) is 75.0 Å². The maximum atomic E-state index is 12.1. The molecule has 1 aromatic heterocycles. The monoisotopic (exact) mass is 286 g/mol. The zero-order valence-corrected chi connectivity index (χ0v) is 12.7. The van der Waals surface area contributed by atoms with Crippen LogP contribution in [0.2, 0.25) is 0 Å². The first-order chi connectivity index (χ1) is 10.1. The van der Waals surface area contributed by atoms with E-state index in [9.17, 15) is 4.79 Å². The number of amides is 1. The van der Waals surface area contributed by atoms with Crippen molar-refractivity contribution in [2.75, 3.05) is 19.6 Å². The number of benzene rings is 1. The lowest BCUT2D eigenvalue weighted by molar-refractivity contribution is 0.0926. The largest absolute Gasteiger partial charge is 0.451 e. The number of aryl methyl sites for hydroxylation is 2. The molecule has 1 fully saturated rings. The molecule has 4 heteroatoms. The highest BCUT2D eigenvalue weighted by Gasteiger charge is 2.16. The zero-order chi connectivity index (χ0) is 14.8. The van der Waals surface area contributed by atoms with Gasteiger partial charge in [-0.25, -0.2) is 0 Å². The molecule has 1 saturated heterocycles. The minimum absolute atomic E-state index is 0.118. The summed E-state index contributed by atoms with van der Waals surface area (Å²) >= 11 is 0. The van der Waals surface area contributed by atoms with E-state index >= 15 is 0 Å². The van der Waals surface area contributed by atoms with Crippen LogP contribution < -0.4 is 10.6 Å². The Morgan fingerprint density at radius 1 is 1.33 bits per heavy atom. The fourth-order valence-corrected chi connectivity index (χ4v) is 2.85. The second kappa shape index (κ2) is 5.90. The minimum Gasteiger partial charge on any atom is -0.451 e. The van der Waals surface area contributed by atoms with Gasteiger partial charge in [-0.15, -0.1) is 0 Å². The molecule has 0 bridgehead atoms. The molecule has 1 amide bonds. The van der Waals surface area contributed by atoms with Gasteiger partial charge in [-0.3, -0.25) is 4.79 Å². The molecule has 1 aliphatic heterocycles. The predicted molar refractivity (Wildman–Crippen MR) is 83.6 cm³/mol. The highest BCUT2D eigenvalue weighted by molar-refractivity contribution is 5.96. The third-order valence-electron chi connectivity index (χ3n) is 4.36. The second-order valence-corrected chi connectivity index (χ2v) is 5.99. The average Bonchev–Trinajstić information content (AvgIpc) is 3.08. The molecule has 3 rings (SSSR count). The summed E-state index contributed by atoms with van der Waals surface area (Å²) in [5.74, 6) is 0.971. The predicted octanol–water partition coefficient (Wildman–Crippen LogP) is 2.78. The van der Waals surface area contributed by atoms with Crippen molar-refractivity contribution in [2.24, 2.45) is 5.92 Å². The standard InChI is InChI=1S/C17H22N2O2/c1-11-7-14-9-16(21-15(14)8-12(11)2)17(20)19-6-4-13-3-5-18-10-13/h7-9,13,18H,3-6,10H2,1-2H3,(H,19,20). The molecule has 21 heavy (non-hydrogen) atoms. The highest BCUT2D eigenvalue weighted by atomic mass is 16.3. The third-order valence-corrected chi connectivity index (χ3v) is 4.36. The number of furan rings is 1. The Balaban J connectivity index is 1.64. The summed E-state index contributed by atoms with van der Waals surface area (Å²) in [6.45, 7) is 6.99. The number of hydrogen-bond donors (Lipinski definition) is 2. The van der Waals surface area contributed by atoms with Crippen LogP contribution in [0.1, 0.15) is 34.5 Å². The molecule has 0 saturated carbocycles. The Bertz CT molecular complexity index is 615. The smallest absolute Gasteiger partial charge is 0.287 e. The molecule has 2 N–H and O–H groups in total. The number of carbonyl (C=O) groups is 1. The van der Waals surface area contributed by atoms with Gasteiger partial charge in [-0.1, -0.05) is 0 Å². The van der Waals surface area contributed by atoms with Crippen molar-refractivity contribution in [1.29, 1.82) is 0 Å². The van der Waals surface area contributed by atoms with E-state index in [1.54, 1.807) is 0 Å². The Morgan fingerprint density at radius 3 is 2.90 bits per heavy atom. The summed E-state index contributed by atoms with van der Waals surface area (Å²) in [7, 11) is 0. The van der Waals surface area contributed by atoms with Gasteiger partial charge < -0.3 is 15.1 Å². The molecule has 0 aliphatic carbocycles. The van der Waals surface area contributed by atoms with E-state index in [0.717, 1.165) is 30.5 Å². The number of rotatable bonds is 4. The summed E-state index contributed by atoms with van der Waals surface area (Å²) in [5.41, 5.74) is 3.17. The average molecular weight is 286 g/mol. The van der Waals surface area contributed by atoms with Crippen molar-refractivity contribution >= 4 is 16.9 Å². The minimum atomic E-state index is -0.118. The molecular weight excluding hydrogens is 264 g/mol. The van der Waals surface area contributed by atoms with E-state index in [-0.39, 0.29) is 5.91 Å². The number of fused-ring (bicyclic) bond motifs is 1. The van der Waals surface area contributed by atoms with Crippen molar-refractivity contribution in [3.8, 4) is 0 Å². The molecule has 2 aromatic rings. The van der Waals surface area contributed by atoms with E-state index in [4.69, 9.17) is 4.42 Å². The molecular formula is C17H22N2O2. The fourth-order valence-electron chi connectivity index (χ4n) is 2.85. The van der Waals surface area contributed by atoms with Gasteiger partial charge in [0.1, 0.15) is 5.58 Å². The lowest BCUT2D eigenvalue weighted by Gasteiger charge is -2.08. The number of carbonyl (C=O) groups excluding carboxylic acids is 1. The van der Waals surface area contributed by atoms with Crippen LogP contribution in [0.5, 0.6) is 0 Å². The van der Waals surface area contributed by atoms with Crippen LogP contribution in [0.15, 0.2) is 22.6 Å². The van der Waals surface area contributed by atoms with Crippen molar-refractivity contribution < 1.29 is 9.21 Å². The molecule has 0 radical (unpaired) electrons. The molecule has 1 aliphatic rings. The van der Waals surface area contributed by atoms with Gasteiger partial charge >= 0.3 is 0 Å². The molecule has 1 atom stereocenters. The van der Waals surface area contributed by atoms with Crippen LogP contribution in [0.3, 0.4) is 0 Å². The Hall–Kier alpha value is -1.81. The SMILES string of the molecule is Cc1cc2cc(C(=O)NCCC3CCNC3)oc2cc1C. The quantitative estimate of drug-likeness (QED) is 0.908. The van der Waals surface area contributed by atoms with Crippen LogP contribution in [-0.4, -0.2) is 25.5 Å². The summed E-state index contributed by atoms with van der Waals surface area (Å²) in [6, 6.07) is 5.88. The summed E-state index contributed by atoms with van der Waals surface area (Å²) in [6.07, 6.45) is 2.23. The normalized spacial score (nSPS) is 18.3. The molecule has 2 heterocycles. The van der Waals surface area contributed by atoms with E-state index in [1.807, 2.05) is 19.1 Å². The van der Waals surface area contributed by atoms with Gasteiger partial charge in [0.25, 0.3) is 5.91 Å². The first-order valence-corrected chi connectivity index (χ1v) is 7.63. The maximum Gasteiger partial charge on any atom is 0.287 e. The lowest BCUT2D eigenvalue weighted by atomic mass is 10.1. The van der Waals surface area contributed by atoms with Crippen molar-refractivity contribution in [2.45, 2.75) is 26.7 Å². The van der Waals surface area contributed by atoms with E-state index in [2.05, 4.69) is 23.6 Å². The van der Waals surface area contributed by atoms with Gasteiger partial charge in [0.05, 0.1) is 0 Å². The van der Waals surface area contributed by atoms with E-state index in [0.29, 0.717) is 18.2 Å².